The summed E-state index contributed by atoms with van der Waals surface area (Å²) in [4.78, 5) is 2.75. The lowest BCUT2D eigenvalue weighted by atomic mass is 10.0. The van der Waals surface area contributed by atoms with Gasteiger partial charge in [0.25, 0.3) is 0 Å². The Hall–Kier alpha value is -0.830. The van der Waals surface area contributed by atoms with Gasteiger partial charge in [0.1, 0.15) is 0 Å². The van der Waals surface area contributed by atoms with Gasteiger partial charge in [0.2, 0.25) is 0 Å². The minimum absolute atomic E-state index is 0.237. The summed E-state index contributed by atoms with van der Waals surface area (Å²) in [7, 11) is 0. The standard InChI is InChI=1S/C16H20ClNS/c1-5-18-15(16-11(3)8-12(4)19-16)13-6-10(2)7-14(17)9-13/h6-9,15,18H,5H2,1-4H3. The summed E-state index contributed by atoms with van der Waals surface area (Å²) in [6.07, 6.45) is 0. The number of nitrogens with one attached hydrogen (secondary N) is 1. The van der Waals surface area contributed by atoms with Crippen molar-refractivity contribution >= 4 is 22.9 Å². The van der Waals surface area contributed by atoms with Gasteiger partial charge in [-0.25, -0.2) is 0 Å². The van der Waals surface area contributed by atoms with E-state index in [-0.39, 0.29) is 6.04 Å². The zero-order chi connectivity index (χ0) is 14.0. The third-order valence-corrected chi connectivity index (χ3v) is 4.58. The third kappa shape index (κ3) is 3.38. The normalized spacial score (nSPS) is 12.7. The molecule has 0 spiro atoms. The summed E-state index contributed by atoms with van der Waals surface area (Å²) in [5, 5.41) is 4.38. The molecule has 0 amide bonds. The van der Waals surface area contributed by atoms with E-state index in [1.807, 2.05) is 17.4 Å². The maximum atomic E-state index is 6.20. The SMILES string of the molecule is CCNC(c1cc(C)cc(Cl)c1)c1sc(C)cc1C. The molecule has 1 heterocycles. The topological polar surface area (TPSA) is 12.0 Å². The first-order valence-electron chi connectivity index (χ1n) is 6.58. The predicted octanol–water partition coefficient (Wildman–Crippen LogP) is 5.03. The van der Waals surface area contributed by atoms with E-state index in [1.54, 1.807) is 0 Å². The van der Waals surface area contributed by atoms with Gasteiger partial charge >= 0.3 is 0 Å². The van der Waals surface area contributed by atoms with E-state index in [9.17, 15) is 0 Å². The minimum Gasteiger partial charge on any atom is -0.306 e. The monoisotopic (exact) mass is 293 g/mol. The van der Waals surface area contributed by atoms with Gasteiger partial charge in [-0.1, -0.05) is 24.6 Å². The molecule has 0 saturated carbocycles. The van der Waals surface area contributed by atoms with Crippen LogP contribution < -0.4 is 5.32 Å². The first-order chi connectivity index (χ1) is 9.01. The van der Waals surface area contributed by atoms with E-state index < -0.39 is 0 Å². The molecule has 2 rings (SSSR count). The van der Waals surface area contributed by atoms with Crippen LogP contribution in [0.15, 0.2) is 24.3 Å². The van der Waals surface area contributed by atoms with Gasteiger partial charge in [0.05, 0.1) is 6.04 Å². The van der Waals surface area contributed by atoms with Crippen molar-refractivity contribution in [2.45, 2.75) is 33.7 Å². The van der Waals surface area contributed by atoms with Crippen molar-refractivity contribution in [3.05, 3.63) is 55.7 Å². The Bertz CT molecular complexity index is 554. The summed E-state index contributed by atoms with van der Waals surface area (Å²) in [5.41, 5.74) is 3.80. The maximum Gasteiger partial charge on any atom is 0.0674 e. The summed E-state index contributed by atoms with van der Waals surface area (Å²) in [6, 6.07) is 8.77. The molecule has 2 aromatic rings. The van der Waals surface area contributed by atoms with E-state index in [2.05, 4.69) is 51.2 Å². The Morgan fingerprint density at radius 2 is 1.89 bits per heavy atom. The number of rotatable bonds is 4. The van der Waals surface area contributed by atoms with E-state index in [1.165, 1.54) is 26.4 Å². The van der Waals surface area contributed by atoms with Crippen LogP contribution in [0.3, 0.4) is 0 Å². The molecule has 0 aliphatic heterocycles. The molecule has 0 fully saturated rings. The Balaban J connectivity index is 2.47. The van der Waals surface area contributed by atoms with Crippen molar-refractivity contribution < 1.29 is 0 Å². The molecule has 1 atom stereocenters. The largest absolute Gasteiger partial charge is 0.306 e. The molecule has 1 N–H and O–H groups in total. The van der Waals surface area contributed by atoms with Crippen LogP contribution in [0.25, 0.3) is 0 Å². The summed E-state index contributed by atoms with van der Waals surface area (Å²) < 4.78 is 0. The lowest BCUT2D eigenvalue weighted by Crippen LogP contribution is -2.21. The zero-order valence-corrected chi connectivity index (χ0v) is 13.5. The number of benzene rings is 1. The fraction of sp³-hybridized carbons (Fsp3) is 0.375. The highest BCUT2D eigenvalue weighted by molar-refractivity contribution is 7.12. The molecule has 0 aliphatic rings. The number of hydrogen-bond acceptors (Lipinski definition) is 2. The second kappa shape index (κ2) is 6.08. The molecule has 102 valence electrons. The van der Waals surface area contributed by atoms with Gasteiger partial charge < -0.3 is 5.32 Å². The van der Waals surface area contributed by atoms with Crippen LogP contribution in [0.2, 0.25) is 5.02 Å². The van der Waals surface area contributed by atoms with Crippen LogP contribution in [0.4, 0.5) is 0 Å². The highest BCUT2D eigenvalue weighted by atomic mass is 35.5. The smallest absolute Gasteiger partial charge is 0.0674 e. The second-order valence-electron chi connectivity index (χ2n) is 4.96. The van der Waals surface area contributed by atoms with Gasteiger partial charge in [-0.05, 0) is 62.2 Å². The molecule has 1 unspecified atom stereocenters. The quantitative estimate of drug-likeness (QED) is 0.834. The molecule has 0 aliphatic carbocycles. The molecule has 1 nitrogen and oxygen atoms in total. The number of halogens is 1. The molecule has 1 aromatic heterocycles. The minimum atomic E-state index is 0.237. The number of hydrogen-bond donors (Lipinski definition) is 1. The molecular weight excluding hydrogens is 274 g/mol. The van der Waals surface area contributed by atoms with Crippen molar-refractivity contribution in [2.75, 3.05) is 6.54 Å². The molecule has 0 radical (unpaired) electrons. The molecular formula is C16H20ClNS. The fourth-order valence-electron chi connectivity index (χ4n) is 2.44. The van der Waals surface area contributed by atoms with Crippen molar-refractivity contribution in [2.24, 2.45) is 0 Å². The first-order valence-corrected chi connectivity index (χ1v) is 7.78. The van der Waals surface area contributed by atoms with E-state index >= 15 is 0 Å². The molecule has 0 bridgehead atoms. The van der Waals surface area contributed by atoms with Gasteiger partial charge in [-0.15, -0.1) is 11.3 Å². The van der Waals surface area contributed by atoms with Crippen molar-refractivity contribution in [3.63, 3.8) is 0 Å². The summed E-state index contributed by atoms with van der Waals surface area (Å²) in [5.74, 6) is 0. The van der Waals surface area contributed by atoms with Crippen molar-refractivity contribution in [1.29, 1.82) is 0 Å². The third-order valence-electron chi connectivity index (χ3n) is 3.15. The second-order valence-corrected chi connectivity index (χ2v) is 6.68. The predicted molar refractivity (Wildman–Crippen MR) is 85.5 cm³/mol. The highest BCUT2D eigenvalue weighted by Crippen LogP contribution is 2.33. The van der Waals surface area contributed by atoms with E-state index in [0.717, 1.165) is 11.6 Å². The highest BCUT2D eigenvalue weighted by Gasteiger charge is 2.18. The van der Waals surface area contributed by atoms with Gasteiger partial charge in [-0.2, -0.15) is 0 Å². The van der Waals surface area contributed by atoms with E-state index in [0.29, 0.717) is 0 Å². The fourth-order valence-corrected chi connectivity index (χ4v) is 3.88. The van der Waals surface area contributed by atoms with Crippen LogP contribution in [0.1, 0.15) is 39.4 Å². The first kappa shape index (κ1) is 14.6. The lowest BCUT2D eigenvalue weighted by Gasteiger charge is -2.19. The summed E-state index contributed by atoms with van der Waals surface area (Å²) in [6.45, 7) is 9.51. The number of aryl methyl sites for hydroxylation is 3. The molecule has 19 heavy (non-hydrogen) atoms. The maximum absolute atomic E-state index is 6.20. The molecule has 3 heteroatoms. The summed E-state index contributed by atoms with van der Waals surface area (Å²) >= 11 is 8.07. The Kier molecular flexibility index (Phi) is 4.67. The zero-order valence-electron chi connectivity index (χ0n) is 11.9. The van der Waals surface area contributed by atoms with Crippen LogP contribution in [-0.2, 0) is 0 Å². The van der Waals surface area contributed by atoms with Crippen LogP contribution in [0.5, 0.6) is 0 Å². The van der Waals surface area contributed by atoms with E-state index in [4.69, 9.17) is 11.6 Å². The average molecular weight is 294 g/mol. The average Bonchev–Trinajstić information content (AvgIpc) is 2.64. The molecule has 0 saturated heterocycles. The van der Waals surface area contributed by atoms with Crippen LogP contribution >= 0.6 is 22.9 Å². The van der Waals surface area contributed by atoms with Crippen molar-refractivity contribution in [3.8, 4) is 0 Å². The van der Waals surface area contributed by atoms with Crippen LogP contribution in [-0.4, -0.2) is 6.54 Å². The van der Waals surface area contributed by atoms with Crippen LogP contribution in [0, 0.1) is 20.8 Å². The van der Waals surface area contributed by atoms with Gasteiger partial charge in [-0.3, -0.25) is 0 Å². The van der Waals surface area contributed by atoms with Crippen molar-refractivity contribution in [1.82, 2.24) is 5.32 Å². The van der Waals surface area contributed by atoms with Gasteiger partial charge in [0.15, 0.2) is 0 Å². The number of thiophene rings is 1. The molecule has 1 aromatic carbocycles. The Labute approximate surface area is 124 Å². The lowest BCUT2D eigenvalue weighted by molar-refractivity contribution is 0.637. The Morgan fingerprint density at radius 1 is 1.16 bits per heavy atom. The van der Waals surface area contributed by atoms with Gasteiger partial charge in [0, 0.05) is 14.8 Å². The Morgan fingerprint density at radius 3 is 2.42 bits per heavy atom.